The lowest BCUT2D eigenvalue weighted by atomic mass is 9.96. The smallest absolute Gasteiger partial charge is 0.391 e. The minimum absolute atomic E-state index is 0.0195. The first-order chi connectivity index (χ1) is 13.8. The molecule has 1 saturated heterocycles. The van der Waals surface area contributed by atoms with Crippen LogP contribution in [-0.2, 0) is 4.79 Å². The Balaban J connectivity index is 1.40. The predicted octanol–water partition coefficient (Wildman–Crippen LogP) is 3.96. The number of amides is 1. The van der Waals surface area contributed by atoms with Gasteiger partial charge in [0, 0.05) is 37.6 Å². The highest BCUT2D eigenvalue weighted by molar-refractivity contribution is 5.96. The second-order valence-corrected chi connectivity index (χ2v) is 7.26. The molecule has 1 amide bonds. The Labute approximate surface area is 166 Å². The zero-order chi connectivity index (χ0) is 20.6. The number of ether oxygens (including phenoxy) is 1. The van der Waals surface area contributed by atoms with Crippen LogP contribution >= 0.6 is 0 Å². The second-order valence-electron chi connectivity index (χ2n) is 7.26. The molecule has 29 heavy (non-hydrogen) atoms. The zero-order valence-electron chi connectivity index (χ0n) is 15.9. The topological polar surface area (TPSA) is 57.7 Å². The largest absolute Gasteiger partial charge is 0.480 e. The van der Waals surface area contributed by atoms with Crippen molar-refractivity contribution in [3.05, 3.63) is 36.5 Å². The summed E-state index contributed by atoms with van der Waals surface area (Å²) < 4.78 is 43.9. The van der Waals surface area contributed by atoms with Crippen LogP contribution in [0.25, 0.3) is 0 Å². The summed E-state index contributed by atoms with van der Waals surface area (Å²) in [6, 6.07) is 9.32. The number of carbonyl (C=O) groups excluding carboxylic acids is 1. The van der Waals surface area contributed by atoms with Crippen LogP contribution in [0, 0.1) is 5.92 Å². The van der Waals surface area contributed by atoms with Crippen molar-refractivity contribution in [1.29, 1.82) is 0 Å². The van der Waals surface area contributed by atoms with Gasteiger partial charge in [-0.05, 0) is 37.1 Å². The molecule has 1 fully saturated rings. The Bertz CT molecular complexity index is 894. The van der Waals surface area contributed by atoms with Crippen molar-refractivity contribution in [3.8, 4) is 5.75 Å². The number of nitrogens with zero attached hydrogens (tertiary/aromatic N) is 3. The van der Waals surface area contributed by atoms with E-state index in [1.807, 2.05) is 29.2 Å². The molecule has 2 aliphatic rings. The van der Waals surface area contributed by atoms with Crippen LogP contribution in [0.1, 0.15) is 12.8 Å². The van der Waals surface area contributed by atoms with Gasteiger partial charge in [0.2, 0.25) is 0 Å². The molecule has 4 rings (SSSR count). The fourth-order valence-electron chi connectivity index (χ4n) is 3.61. The number of benzene rings is 1. The Morgan fingerprint density at radius 3 is 2.48 bits per heavy atom. The average Bonchev–Trinajstić information content (AvgIpc) is 2.71. The van der Waals surface area contributed by atoms with Crippen LogP contribution in [0.5, 0.6) is 5.75 Å². The van der Waals surface area contributed by atoms with Crippen LogP contribution in [0.2, 0.25) is 0 Å². The standard InChI is InChI=1S/C20H21F3N4O2/c1-26-18(28)12-29-17-10-15(11-24-19(17)26)25-14-2-4-16(5-3-14)27-8-6-13(7-9-27)20(21,22)23/h2-5,10-11,13,25H,6-9,12H2,1H3. The molecule has 154 valence electrons. The van der Waals surface area contributed by atoms with Gasteiger partial charge in [0.25, 0.3) is 5.91 Å². The second kappa shape index (κ2) is 7.46. The molecular formula is C20H21F3N4O2. The SMILES string of the molecule is CN1C(=O)COc2cc(Nc3ccc(N4CCC(C(F)(F)F)CC4)cc3)cnc21. The van der Waals surface area contributed by atoms with Gasteiger partial charge in [0.1, 0.15) is 0 Å². The minimum atomic E-state index is -4.10. The summed E-state index contributed by atoms with van der Waals surface area (Å²) in [6.45, 7) is 0.777. The van der Waals surface area contributed by atoms with Gasteiger partial charge in [-0.3, -0.25) is 9.69 Å². The number of halogens is 3. The molecule has 1 aromatic heterocycles. The third-order valence-corrected chi connectivity index (χ3v) is 5.35. The van der Waals surface area contributed by atoms with E-state index in [1.165, 1.54) is 4.90 Å². The van der Waals surface area contributed by atoms with E-state index in [1.54, 1.807) is 19.3 Å². The fourth-order valence-corrected chi connectivity index (χ4v) is 3.61. The van der Waals surface area contributed by atoms with Gasteiger partial charge in [-0.15, -0.1) is 0 Å². The normalized spacial score (nSPS) is 17.7. The quantitative estimate of drug-likeness (QED) is 0.836. The van der Waals surface area contributed by atoms with Crippen LogP contribution in [0.3, 0.4) is 0 Å². The van der Waals surface area contributed by atoms with E-state index in [0.717, 1.165) is 11.4 Å². The Hall–Kier alpha value is -2.97. The first kappa shape index (κ1) is 19.4. The van der Waals surface area contributed by atoms with E-state index in [9.17, 15) is 18.0 Å². The molecule has 0 aliphatic carbocycles. The van der Waals surface area contributed by atoms with E-state index in [2.05, 4.69) is 10.3 Å². The number of aromatic nitrogens is 1. The van der Waals surface area contributed by atoms with Crippen LogP contribution in [-0.4, -0.2) is 43.8 Å². The molecule has 0 bridgehead atoms. The molecule has 0 spiro atoms. The van der Waals surface area contributed by atoms with E-state index in [0.29, 0.717) is 30.3 Å². The maximum Gasteiger partial charge on any atom is 0.391 e. The number of hydrogen-bond acceptors (Lipinski definition) is 5. The number of alkyl halides is 3. The summed E-state index contributed by atoms with van der Waals surface area (Å²) in [7, 11) is 1.65. The zero-order valence-corrected chi connectivity index (χ0v) is 15.9. The summed E-state index contributed by atoms with van der Waals surface area (Å²) in [5.74, 6) is -0.348. The maximum absolute atomic E-state index is 12.8. The van der Waals surface area contributed by atoms with Crippen molar-refractivity contribution in [3.63, 3.8) is 0 Å². The third kappa shape index (κ3) is 4.08. The lowest BCUT2D eigenvalue weighted by molar-refractivity contribution is -0.179. The highest BCUT2D eigenvalue weighted by Crippen LogP contribution is 2.36. The fraction of sp³-hybridized carbons (Fsp3) is 0.400. The van der Waals surface area contributed by atoms with E-state index >= 15 is 0 Å². The van der Waals surface area contributed by atoms with E-state index < -0.39 is 12.1 Å². The molecule has 2 aliphatic heterocycles. The number of carbonyl (C=O) groups is 1. The van der Waals surface area contributed by atoms with Gasteiger partial charge in [-0.2, -0.15) is 13.2 Å². The molecule has 0 atom stereocenters. The van der Waals surface area contributed by atoms with E-state index in [4.69, 9.17) is 4.74 Å². The third-order valence-electron chi connectivity index (χ3n) is 5.35. The molecule has 0 saturated carbocycles. The number of piperidine rings is 1. The summed E-state index contributed by atoms with van der Waals surface area (Å²) in [4.78, 5) is 19.4. The van der Waals surface area contributed by atoms with Crippen molar-refractivity contribution >= 4 is 28.8 Å². The first-order valence-corrected chi connectivity index (χ1v) is 9.39. The summed E-state index contributed by atoms with van der Waals surface area (Å²) in [5, 5.41) is 3.22. The lowest BCUT2D eigenvalue weighted by Gasteiger charge is -2.34. The highest BCUT2D eigenvalue weighted by Gasteiger charge is 2.41. The molecular weight excluding hydrogens is 385 g/mol. The number of anilines is 4. The Morgan fingerprint density at radius 1 is 1.14 bits per heavy atom. The molecule has 1 N–H and O–H groups in total. The molecule has 6 nitrogen and oxygen atoms in total. The number of likely N-dealkylation sites (N-methyl/N-ethyl adjacent to an activating group) is 1. The number of rotatable bonds is 3. The number of pyridine rings is 1. The minimum Gasteiger partial charge on any atom is -0.480 e. The van der Waals surface area contributed by atoms with Gasteiger partial charge in [0.05, 0.1) is 17.8 Å². The van der Waals surface area contributed by atoms with Crippen LogP contribution < -0.4 is 19.9 Å². The Morgan fingerprint density at radius 2 is 1.83 bits per heavy atom. The average molecular weight is 406 g/mol. The molecule has 0 unspecified atom stereocenters. The van der Waals surface area contributed by atoms with Crippen molar-refractivity contribution in [1.82, 2.24) is 4.98 Å². The Kier molecular flexibility index (Phi) is 4.97. The van der Waals surface area contributed by atoms with Crippen molar-refractivity contribution in [2.75, 3.05) is 41.9 Å². The molecule has 0 radical (unpaired) electrons. The van der Waals surface area contributed by atoms with Crippen molar-refractivity contribution in [2.45, 2.75) is 19.0 Å². The van der Waals surface area contributed by atoms with Gasteiger partial charge in [-0.1, -0.05) is 0 Å². The van der Waals surface area contributed by atoms with Crippen molar-refractivity contribution < 1.29 is 22.7 Å². The van der Waals surface area contributed by atoms with Crippen LogP contribution in [0.15, 0.2) is 36.5 Å². The summed E-state index contributed by atoms with van der Waals surface area (Å²) >= 11 is 0. The lowest BCUT2D eigenvalue weighted by Crippen LogP contribution is -2.38. The summed E-state index contributed by atoms with van der Waals surface area (Å²) in [5.41, 5.74) is 2.44. The predicted molar refractivity (Wildman–Crippen MR) is 104 cm³/mol. The van der Waals surface area contributed by atoms with Gasteiger partial charge in [-0.25, -0.2) is 4.98 Å². The highest BCUT2D eigenvalue weighted by atomic mass is 19.4. The summed E-state index contributed by atoms with van der Waals surface area (Å²) in [6.07, 6.45) is -2.23. The van der Waals surface area contributed by atoms with Gasteiger partial charge < -0.3 is 15.0 Å². The number of fused-ring (bicyclic) bond motifs is 1. The van der Waals surface area contributed by atoms with Gasteiger partial charge >= 0.3 is 6.18 Å². The van der Waals surface area contributed by atoms with Crippen molar-refractivity contribution in [2.24, 2.45) is 5.92 Å². The molecule has 9 heteroatoms. The number of nitrogens with one attached hydrogen (secondary N) is 1. The first-order valence-electron chi connectivity index (χ1n) is 9.39. The number of hydrogen-bond donors (Lipinski definition) is 1. The molecule has 1 aromatic carbocycles. The molecule has 2 aromatic rings. The maximum atomic E-state index is 12.8. The van der Waals surface area contributed by atoms with Crippen LogP contribution in [0.4, 0.5) is 36.1 Å². The van der Waals surface area contributed by atoms with E-state index in [-0.39, 0.29) is 25.4 Å². The molecule has 3 heterocycles. The van der Waals surface area contributed by atoms with Gasteiger partial charge in [0.15, 0.2) is 18.2 Å². The monoisotopic (exact) mass is 406 g/mol.